The minimum atomic E-state index is 0.0699. The standard InChI is InChI=1S/C23H25N/c1-5-16-11-13-22(24-15(16)2)17-10-12-19-18-8-6-7-9-20(18)23(3,4)21(19)14-17/h5-15,22,24H,1-4H3. The van der Waals surface area contributed by atoms with Crippen molar-refractivity contribution in [2.45, 2.75) is 45.2 Å². The zero-order valence-corrected chi connectivity index (χ0v) is 14.9. The lowest BCUT2D eigenvalue weighted by atomic mass is 9.81. The predicted molar refractivity (Wildman–Crippen MR) is 102 cm³/mol. The first-order chi connectivity index (χ1) is 11.5. The number of rotatable bonds is 1. The fourth-order valence-corrected chi connectivity index (χ4v) is 4.24. The van der Waals surface area contributed by atoms with Gasteiger partial charge in [0.2, 0.25) is 0 Å². The van der Waals surface area contributed by atoms with Gasteiger partial charge in [-0.25, -0.2) is 0 Å². The van der Waals surface area contributed by atoms with Crippen molar-refractivity contribution in [3.8, 4) is 11.1 Å². The Bertz CT molecular complexity index is 854. The largest absolute Gasteiger partial charge is 0.300 e. The Kier molecular flexibility index (Phi) is 3.51. The summed E-state index contributed by atoms with van der Waals surface area (Å²) >= 11 is 0. The van der Waals surface area contributed by atoms with E-state index in [2.05, 4.69) is 93.7 Å². The van der Waals surface area contributed by atoms with Crippen LogP contribution in [0.15, 0.2) is 66.3 Å². The lowest BCUT2D eigenvalue weighted by Crippen LogP contribution is -2.33. The van der Waals surface area contributed by atoms with Gasteiger partial charge in [0.1, 0.15) is 0 Å². The van der Waals surface area contributed by atoms with E-state index in [1.807, 2.05) is 0 Å². The normalized spacial score (nSPS) is 25.6. The molecular formula is C23H25N. The summed E-state index contributed by atoms with van der Waals surface area (Å²) in [7, 11) is 0. The molecule has 1 nitrogen and oxygen atoms in total. The maximum Gasteiger partial charge on any atom is 0.0514 e. The van der Waals surface area contributed by atoms with Crippen molar-refractivity contribution in [3.05, 3.63) is 83.0 Å². The van der Waals surface area contributed by atoms with Crippen LogP contribution in [-0.2, 0) is 5.41 Å². The molecule has 2 aromatic rings. The van der Waals surface area contributed by atoms with Gasteiger partial charge in [-0.05, 0) is 47.2 Å². The molecule has 122 valence electrons. The molecule has 0 fully saturated rings. The Morgan fingerprint density at radius 1 is 1.00 bits per heavy atom. The van der Waals surface area contributed by atoms with Crippen LogP contribution < -0.4 is 5.32 Å². The van der Waals surface area contributed by atoms with Crippen LogP contribution in [0.25, 0.3) is 11.1 Å². The number of benzene rings is 2. The Morgan fingerprint density at radius 2 is 1.75 bits per heavy atom. The minimum absolute atomic E-state index is 0.0699. The molecule has 0 aromatic heterocycles. The van der Waals surface area contributed by atoms with Crippen molar-refractivity contribution in [3.63, 3.8) is 0 Å². The molecule has 1 heteroatoms. The van der Waals surface area contributed by atoms with Crippen LogP contribution in [0.1, 0.15) is 50.4 Å². The zero-order chi connectivity index (χ0) is 16.9. The van der Waals surface area contributed by atoms with Crippen molar-refractivity contribution in [2.24, 2.45) is 0 Å². The zero-order valence-electron chi connectivity index (χ0n) is 14.9. The van der Waals surface area contributed by atoms with Gasteiger partial charge in [0.05, 0.1) is 6.04 Å². The summed E-state index contributed by atoms with van der Waals surface area (Å²) in [5.74, 6) is 0. The summed E-state index contributed by atoms with van der Waals surface area (Å²) in [6, 6.07) is 16.5. The molecule has 1 aliphatic carbocycles. The summed E-state index contributed by atoms with van der Waals surface area (Å²) in [6.07, 6.45) is 6.73. The minimum Gasteiger partial charge on any atom is -0.300 e. The van der Waals surface area contributed by atoms with Crippen LogP contribution in [0.3, 0.4) is 0 Å². The van der Waals surface area contributed by atoms with Gasteiger partial charge in [-0.1, -0.05) is 74.5 Å². The van der Waals surface area contributed by atoms with Crippen LogP contribution >= 0.6 is 0 Å². The van der Waals surface area contributed by atoms with Gasteiger partial charge in [0.15, 0.2) is 0 Å². The first-order valence-electron chi connectivity index (χ1n) is 8.87. The van der Waals surface area contributed by atoms with Gasteiger partial charge in [-0.3, -0.25) is 0 Å². The fraction of sp³-hybridized carbons (Fsp3) is 0.304. The maximum absolute atomic E-state index is 3.72. The van der Waals surface area contributed by atoms with Gasteiger partial charge < -0.3 is 5.32 Å². The summed E-state index contributed by atoms with van der Waals surface area (Å²) < 4.78 is 0. The van der Waals surface area contributed by atoms with E-state index in [4.69, 9.17) is 0 Å². The SMILES string of the molecule is CC=C1C=CC(c2ccc3c(c2)C(C)(C)c2ccccc2-3)NC1C. The monoisotopic (exact) mass is 315 g/mol. The van der Waals surface area contributed by atoms with E-state index < -0.39 is 0 Å². The number of nitrogens with one attached hydrogen (secondary N) is 1. The van der Waals surface area contributed by atoms with Crippen molar-refractivity contribution < 1.29 is 0 Å². The Labute approximate surface area is 145 Å². The maximum atomic E-state index is 3.72. The number of hydrogen-bond donors (Lipinski definition) is 1. The van der Waals surface area contributed by atoms with Gasteiger partial charge >= 0.3 is 0 Å². The highest BCUT2D eigenvalue weighted by Gasteiger charge is 2.35. The van der Waals surface area contributed by atoms with Crippen LogP contribution in [0.2, 0.25) is 0 Å². The van der Waals surface area contributed by atoms with Gasteiger partial charge in [-0.15, -0.1) is 0 Å². The Morgan fingerprint density at radius 3 is 2.50 bits per heavy atom. The highest BCUT2D eigenvalue weighted by atomic mass is 14.9. The summed E-state index contributed by atoms with van der Waals surface area (Å²) in [4.78, 5) is 0. The highest BCUT2D eigenvalue weighted by Crippen LogP contribution is 2.49. The molecule has 4 rings (SSSR count). The average molecular weight is 315 g/mol. The van der Waals surface area contributed by atoms with Crippen LogP contribution in [0, 0.1) is 0 Å². The topological polar surface area (TPSA) is 12.0 Å². The van der Waals surface area contributed by atoms with Crippen molar-refractivity contribution in [2.75, 3.05) is 0 Å². The molecule has 0 bridgehead atoms. The van der Waals surface area contributed by atoms with Gasteiger partial charge in [0, 0.05) is 11.5 Å². The average Bonchev–Trinajstić information content (AvgIpc) is 2.83. The number of hydrogen-bond acceptors (Lipinski definition) is 1. The second kappa shape index (κ2) is 5.46. The molecule has 2 aliphatic rings. The van der Waals surface area contributed by atoms with E-state index in [0.29, 0.717) is 6.04 Å². The third-order valence-electron chi connectivity index (χ3n) is 5.71. The van der Waals surface area contributed by atoms with Gasteiger partial charge in [-0.2, -0.15) is 0 Å². The van der Waals surface area contributed by atoms with Crippen molar-refractivity contribution in [1.29, 1.82) is 0 Å². The molecule has 2 atom stereocenters. The first-order valence-corrected chi connectivity index (χ1v) is 8.87. The molecule has 1 N–H and O–H groups in total. The van der Waals surface area contributed by atoms with E-state index in [9.17, 15) is 0 Å². The molecule has 0 spiro atoms. The highest BCUT2D eigenvalue weighted by molar-refractivity contribution is 5.81. The molecule has 24 heavy (non-hydrogen) atoms. The summed E-state index contributed by atoms with van der Waals surface area (Å²) in [5, 5.41) is 3.72. The molecule has 0 saturated heterocycles. The lowest BCUT2D eigenvalue weighted by molar-refractivity contribution is 0.544. The van der Waals surface area contributed by atoms with Crippen LogP contribution in [-0.4, -0.2) is 6.04 Å². The Hall–Kier alpha value is -2.12. The molecule has 1 heterocycles. The predicted octanol–water partition coefficient (Wildman–Crippen LogP) is 5.53. The van der Waals surface area contributed by atoms with E-state index >= 15 is 0 Å². The molecule has 0 amide bonds. The van der Waals surface area contributed by atoms with E-state index in [0.717, 1.165) is 0 Å². The quantitative estimate of drug-likeness (QED) is 0.729. The fourth-order valence-electron chi connectivity index (χ4n) is 4.24. The van der Waals surface area contributed by atoms with Crippen LogP contribution in [0.4, 0.5) is 0 Å². The second-order valence-electron chi connectivity index (χ2n) is 7.49. The number of fused-ring (bicyclic) bond motifs is 3. The van der Waals surface area contributed by atoms with E-state index in [1.54, 1.807) is 0 Å². The third-order valence-corrected chi connectivity index (χ3v) is 5.71. The van der Waals surface area contributed by atoms with Crippen molar-refractivity contribution in [1.82, 2.24) is 5.32 Å². The molecule has 0 radical (unpaired) electrons. The lowest BCUT2D eigenvalue weighted by Gasteiger charge is -2.28. The van der Waals surface area contributed by atoms with E-state index in [-0.39, 0.29) is 11.5 Å². The molecule has 1 aliphatic heterocycles. The number of allylic oxidation sites excluding steroid dienone is 1. The van der Waals surface area contributed by atoms with E-state index in [1.165, 1.54) is 33.4 Å². The Balaban J connectivity index is 1.78. The molecule has 2 aromatic carbocycles. The first kappa shape index (κ1) is 15.4. The third kappa shape index (κ3) is 2.19. The van der Waals surface area contributed by atoms with Gasteiger partial charge in [0.25, 0.3) is 0 Å². The summed E-state index contributed by atoms with van der Waals surface area (Å²) in [6.45, 7) is 9.02. The molecular weight excluding hydrogens is 290 g/mol. The smallest absolute Gasteiger partial charge is 0.0514 e. The van der Waals surface area contributed by atoms with Crippen LogP contribution in [0.5, 0.6) is 0 Å². The summed E-state index contributed by atoms with van der Waals surface area (Å²) in [5.41, 5.74) is 8.45. The van der Waals surface area contributed by atoms with Crippen molar-refractivity contribution >= 4 is 0 Å². The second-order valence-corrected chi connectivity index (χ2v) is 7.49. The molecule has 0 saturated carbocycles. The molecule has 2 unspecified atom stereocenters.